The van der Waals surface area contributed by atoms with Gasteiger partial charge in [-0.3, -0.25) is 4.79 Å². The summed E-state index contributed by atoms with van der Waals surface area (Å²) in [6, 6.07) is 21.4. The lowest BCUT2D eigenvalue weighted by Crippen LogP contribution is -2.15. The van der Waals surface area contributed by atoms with Crippen LogP contribution in [0.2, 0.25) is 0 Å². The van der Waals surface area contributed by atoms with Gasteiger partial charge in [0.05, 0.1) is 0 Å². The van der Waals surface area contributed by atoms with Gasteiger partial charge < -0.3 is 10.2 Å². The largest absolute Gasteiger partial charge is 0.377 e. The van der Waals surface area contributed by atoms with Crippen LogP contribution in [0.15, 0.2) is 66.7 Å². The van der Waals surface area contributed by atoms with E-state index in [1.54, 1.807) is 0 Å². The van der Waals surface area contributed by atoms with Crippen LogP contribution in [-0.4, -0.2) is 20.0 Å². The Balaban J connectivity index is 2.08. The van der Waals surface area contributed by atoms with Crippen molar-refractivity contribution in [1.82, 2.24) is 0 Å². The standard InChI is InChI=1S/C19H18N2O/c1-21(2)17-13-7-9-14-8-6-12-16(18(14)17)19(22)20-15-10-4-3-5-11-15/h3-13H,1-2H3,(H,20,22). The smallest absolute Gasteiger partial charge is 0.256 e. The SMILES string of the molecule is CN(C)c1cccc2cccc(C(=O)Nc3ccccc3)c12. The van der Waals surface area contributed by atoms with Crippen molar-refractivity contribution in [3.8, 4) is 0 Å². The Kier molecular flexibility index (Phi) is 3.79. The van der Waals surface area contributed by atoms with Gasteiger partial charge in [0.2, 0.25) is 0 Å². The van der Waals surface area contributed by atoms with Crippen molar-refractivity contribution in [2.24, 2.45) is 0 Å². The molecular formula is C19H18N2O. The third kappa shape index (κ3) is 2.66. The van der Waals surface area contributed by atoms with Gasteiger partial charge in [-0.05, 0) is 29.7 Å². The van der Waals surface area contributed by atoms with Gasteiger partial charge in [-0.2, -0.15) is 0 Å². The summed E-state index contributed by atoms with van der Waals surface area (Å²) in [6.45, 7) is 0. The number of nitrogens with zero attached hydrogens (tertiary/aromatic N) is 1. The zero-order valence-electron chi connectivity index (χ0n) is 12.7. The Morgan fingerprint density at radius 3 is 2.23 bits per heavy atom. The van der Waals surface area contributed by atoms with Crippen molar-refractivity contribution < 1.29 is 4.79 Å². The van der Waals surface area contributed by atoms with E-state index in [4.69, 9.17) is 0 Å². The number of fused-ring (bicyclic) bond motifs is 1. The average molecular weight is 290 g/mol. The fourth-order valence-corrected chi connectivity index (χ4v) is 2.60. The van der Waals surface area contributed by atoms with Gasteiger partial charge in [0, 0.05) is 36.4 Å². The van der Waals surface area contributed by atoms with Gasteiger partial charge in [-0.15, -0.1) is 0 Å². The summed E-state index contributed by atoms with van der Waals surface area (Å²) < 4.78 is 0. The first kappa shape index (κ1) is 14.1. The van der Waals surface area contributed by atoms with Crippen LogP contribution in [0.4, 0.5) is 11.4 Å². The highest BCUT2D eigenvalue weighted by molar-refractivity contribution is 6.16. The number of hydrogen-bond acceptors (Lipinski definition) is 2. The van der Waals surface area contributed by atoms with Crippen LogP contribution >= 0.6 is 0 Å². The number of hydrogen-bond donors (Lipinski definition) is 1. The first-order valence-corrected chi connectivity index (χ1v) is 7.22. The topological polar surface area (TPSA) is 32.3 Å². The molecule has 0 aromatic heterocycles. The van der Waals surface area contributed by atoms with Crippen molar-refractivity contribution in [3.05, 3.63) is 72.3 Å². The molecule has 1 N–H and O–H groups in total. The average Bonchev–Trinajstić information content (AvgIpc) is 2.54. The van der Waals surface area contributed by atoms with Crippen molar-refractivity contribution in [2.45, 2.75) is 0 Å². The van der Waals surface area contributed by atoms with Crippen LogP contribution in [0.1, 0.15) is 10.4 Å². The monoisotopic (exact) mass is 290 g/mol. The van der Waals surface area contributed by atoms with Gasteiger partial charge >= 0.3 is 0 Å². The number of rotatable bonds is 3. The van der Waals surface area contributed by atoms with Gasteiger partial charge in [0.15, 0.2) is 0 Å². The summed E-state index contributed by atoms with van der Waals surface area (Å²) in [5.41, 5.74) is 2.52. The number of carbonyl (C=O) groups excluding carboxylic acids is 1. The molecule has 0 unspecified atom stereocenters. The normalized spacial score (nSPS) is 10.5. The number of nitrogens with one attached hydrogen (secondary N) is 1. The van der Waals surface area contributed by atoms with E-state index in [0.717, 1.165) is 22.1 Å². The molecule has 0 atom stereocenters. The Morgan fingerprint density at radius 2 is 1.55 bits per heavy atom. The second kappa shape index (κ2) is 5.90. The molecule has 0 aliphatic heterocycles. The molecule has 0 saturated heterocycles. The lowest BCUT2D eigenvalue weighted by molar-refractivity contribution is 0.102. The number of para-hydroxylation sites is 1. The maximum atomic E-state index is 12.7. The third-order valence-electron chi connectivity index (χ3n) is 3.64. The van der Waals surface area contributed by atoms with E-state index in [1.165, 1.54) is 0 Å². The molecule has 0 bridgehead atoms. The Labute approximate surface area is 130 Å². The van der Waals surface area contributed by atoms with Crippen molar-refractivity contribution >= 4 is 28.1 Å². The van der Waals surface area contributed by atoms with Gasteiger partial charge in [-0.1, -0.05) is 42.5 Å². The summed E-state index contributed by atoms with van der Waals surface area (Å²) in [4.78, 5) is 14.7. The fraction of sp³-hybridized carbons (Fsp3) is 0.105. The second-order valence-electron chi connectivity index (χ2n) is 5.40. The Morgan fingerprint density at radius 1 is 0.864 bits per heavy atom. The molecule has 0 radical (unpaired) electrons. The molecule has 3 nitrogen and oxygen atoms in total. The maximum Gasteiger partial charge on any atom is 0.256 e. The molecular weight excluding hydrogens is 272 g/mol. The lowest BCUT2D eigenvalue weighted by atomic mass is 10.0. The molecule has 0 aliphatic rings. The molecule has 110 valence electrons. The second-order valence-corrected chi connectivity index (χ2v) is 5.40. The van der Waals surface area contributed by atoms with E-state index in [0.29, 0.717) is 5.56 Å². The molecule has 22 heavy (non-hydrogen) atoms. The summed E-state index contributed by atoms with van der Waals surface area (Å²) in [5.74, 6) is -0.0916. The number of anilines is 2. The van der Waals surface area contributed by atoms with Crippen molar-refractivity contribution in [1.29, 1.82) is 0 Å². The molecule has 3 aromatic carbocycles. The molecule has 1 amide bonds. The molecule has 3 aromatic rings. The van der Waals surface area contributed by atoms with E-state index in [2.05, 4.69) is 5.32 Å². The minimum Gasteiger partial charge on any atom is -0.377 e. The molecule has 0 fully saturated rings. The van der Waals surface area contributed by atoms with Crippen molar-refractivity contribution in [2.75, 3.05) is 24.3 Å². The van der Waals surface area contributed by atoms with Gasteiger partial charge in [0.25, 0.3) is 5.91 Å². The van der Waals surface area contributed by atoms with Crippen LogP contribution in [0, 0.1) is 0 Å². The quantitative estimate of drug-likeness (QED) is 0.785. The predicted molar refractivity (Wildman–Crippen MR) is 92.7 cm³/mol. The Hall–Kier alpha value is -2.81. The number of benzene rings is 3. The molecule has 0 heterocycles. The van der Waals surface area contributed by atoms with E-state index in [1.807, 2.05) is 85.7 Å². The first-order valence-electron chi connectivity index (χ1n) is 7.22. The van der Waals surface area contributed by atoms with Gasteiger partial charge in [-0.25, -0.2) is 0 Å². The van der Waals surface area contributed by atoms with Gasteiger partial charge in [0.1, 0.15) is 0 Å². The van der Waals surface area contributed by atoms with Crippen LogP contribution < -0.4 is 10.2 Å². The zero-order valence-corrected chi connectivity index (χ0v) is 12.7. The summed E-state index contributed by atoms with van der Waals surface area (Å²) in [7, 11) is 3.97. The zero-order chi connectivity index (χ0) is 15.5. The number of amides is 1. The molecule has 0 saturated carbocycles. The van der Waals surface area contributed by atoms with Crippen molar-refractivity contribution in [3.63, 3.8) is 0 Å². The minimum absolute atomic E-state index is 0.0916. The molecule has 0 aliphatic carbocycles. The minimum atomic E-state index is -0.0916. The van der Waals surface area contributed by atoms with Crippen LogP contribution in [0.25, 0.3) is 10.8 Å². The summed E-state index contributed by atoms with van der Waals surface area (Å²) >= 11 is 0. The molecule has 3 heteroatoms. The van der Waals surface area contributed by atoms with Crippen LogP contribution in [-0.2, 0) is 0 Å². The maximum absolute atomic E-state index is 12.7. The molecule has 0 spiro atoms. The number of carbonyl (C=O) groups is 1. The highest BCUT2D eigenvalue weighted by Gasteiger charge is 2.14. The molecule has 3 rings (SSSR count). The van der Waals surface area contributed by atoms with E-state index < -0.39 is 0 Å². The highest BCUT2D eigenvalue weighted by atomic mass is 16.1. The first-order chi connectivity index (χ1) is 10.7. The van der Waals surface area contributed by atoms with E-state index in [9.17, 15) is 4.79 Å². The lowest BCUT2D eigenvalue weighted by Gasteiger charge is -2.17. The Bertz CT molecular complexity index is 805. The third-order valence-corrected chi connectivity index (χ3v) is 3.64. The van der Waals surface area contributed by atoms with Crippen LogP contribution in [0.5, 0.6) is 0 Å². The summed E-state index contributed by atoms with van der Waals surface area (Å²) in [6.07, 6.45) is 0. The van der Waals surface area contributed by atoms with Crippen LogP contribution in [0.3, 0.4) is 0 Å². The van der Waals surface area contributed by atoms with E-state index >= 15 is 0 Å². The fourth-order valence-electron chi connectivity index (χ4n) is 2.60. The summed E-state index contributed by atoms with van der Waals surface area (Å²) in [5, 5.41) is 5.00. The highest BCUT2D eigenvalue weighted by Crippen LogP contribution is 2.29. The predicted octanol–water partition coefficient (Wildman–Crippen LogP) is 4.16. The van der Waals surface area contributed by atoms with E-state index in [-0.39, 0.29) is 5.91 Å².